The molecule has 0 spiro atoms. The molecule has 1 N–H and O–H groups in total. The molecule has 0 bridgehead atoms. The lowest BCUT2D eigenvalue weighted by Gasteiger charge is -2.12. The minimum Gasteiger partial charge on any atom is -0.310 e. The topological polar surface area (TPSA) is 59.1 Å². The summed E-state index contributed by atoms with van der Waals surface area (Å²) in [6.45, 7) is 1.83. The van der Waals surface area contributed by atoms with Crippen molar-refractivity contribution in [1.29, 1.82) is 0 Å². The Balaban J connectivity index is 1.71. The minimum atomic E-state index is -0.345. The van der Waals surface area contributed by atoms with Crippen LogP contribution in [0.5, 0.6) is 0 Å². The first-order valence-corrected chi connectivity index (χ1v) is 8.07. The summed E-state index contributed by atoms with van der Waals surface area (Å²) >= 11 is 0. The molecule has 1 amide bonds. The predicted octanol–water partition coefficient (Wildman–Crippen LogP) is 4.05. The van der Waals surface area contributed by atoms with Crippen LogP contribution in [-0.4, -0.2) is 16.7 Å². The van der Waals surface area contributed by atoms with Crippen LogP contribution >= 0.6 is 0 Å². The Bertz CT molecular complexity index is 859. The monoisotopic (exact) mass is 330 g/mol. The zero-order chi connectivity index (χ0) is 17.6. The Labute approximate surface area is 146 Å². The number of nitrogens with one attached hydrogen (secondary N) is 1. The molecule has 0 aliphatic heterocycles. The summed E-state index contributed by atoms with van der Waals surface area (Å²) in [5.74, 6) is 0.0108. The van der Waals surface area contributed by atoms with E-state index in [1.165, 1.54) is 0 Å². The van der Waals surface area contributed by atoms with Crippen LogP contribution in [0.1, 0.15) is 34.3 Å². The third-order valence-corrected chi connectivity index (χ3v) is 4.02. The van der Waals surface area contributed by atoms with Crippen molar-refractivity contribution < 1.29 is 9.59 Å². The van der Waals surface area contributed by atoms with Gasteiger partial charge in [0.2, 0.25) is 5.91 Å². The van der Waals surface area contributed by atoms with E-state index in [9.17, 15) is 9.59 Å². The zero-order valence-electron chi connectivity index (χ0n) is 13.8. The van der Waals surface area contributed by atoms with Gasteiger partial charge in [-0.25, -0.2) is 4.98 Å². The van der Waals surface area contributed by atoms with Gasteiger partial charge < -0.3 is 5.32 Å². The van der Waals surface area contributed by atoms with Gasteiger partial charge in [-0.1, -0.05) is 60.7 Å². The summed E-state index contributed by atoms with van der Waals surface area (Å²) < 4.78 is 0. The minimum absolute atomic E-state index is 0.0299. The fourth-order valence-corrected chi connectivity index (χ4v) is 2.50. The molecule has 0 radical (unpaired) electrons. The molecule has 0 aliphatic carbocycles. The molecule has 0 aliphatic rings. The van der Waals surface area contributed by atoms with Crippen molar-refractivity contribution in [1.82, 2.24) is 4.98 Å². The molecule has 1 heterocycles. The van der Waals surface area contributed by atoms with Gasteiger partial charge in [0.05, 0.1) is 5.92 Å². The fraction of sp³-hybridized carbons (Fsp3) is 0.0952. The van der Waals surface area contributed by atoms with Crippen molar-refractivity contribution in [3.8, 4) is 0 Å². The third-order valence-electron chi connectivity index (χ3n) is 4.02. The van der Waals surface area contributed by atoms with Crippen molar-refractivity contribution >= 4 is 17.5 Å². The molecule has 0 saturated heterocycles. The van der Waals surface area contributed by atoms with Crippen LogP contribution in [0.2, 0.25) is 0 Å². The molecule has 0 unspecified atom stereocenters. The summed E-state index contributed by atoms with van der Waals surface area (Å²) in [5.41, 5.74) is 2.10. The van der Waals surface area contributed by atoms with Gasteiger partial charge in [-0.2, -0.15) is 0 Å². The van der Waals surface area contributed by atoms with E-state index < -0.39 is 0 Å². The standard InChI is InChI=1S/C21H18N2O2/c1-15(21(25)23-19-9-5-6-14-22-19)16-10-12-18(13-11-16)20(24)17-7-3-2-4-8-17/h2-15H,1H3,(H,22,23,25)/t15-/m1/s1. The van der Waals surface area contributed by atoms with E-state index in [4.69, 9.17) is 0 Å². The van der Waals surface area contributed by atoms with E-state index in [1.807, 2.05) is 43.3 Å². The molecule has 4 nitrogen and oxygen atoms in total. The first-order valence-electron chi connectivity index (χ1n) is 8.07. The number of aromatic nitrogens is 1. The molecule has 3 aromatic rings. The number of pyridine rings is 1. The number of rotatable bonds is 5. The van der Waals surface area contributed by atoms with Crippen LogP contribution in [0, 0.1) is 0 Å². The summed E-state index contributed by atoms with van der Waals surface area (Å²) in [4.78, 5) is 28.8. The Morgan fingerprint density at radius 2 is 1.48 bits per heavy atom. The number of nitrogens with zero attached hydrogens (tertiary/aromatic N) is 1. The highest BCUT2D eigenvalue weighted by Crippen LogP contribution is 2.19. The number of anilines is 1. The molecule has 0 fully saturated rings. The van der Waals surface area contributed by atoms with Gasteiger partial charge in [0.25, 0.3) is 0 Å². The van der Waals surface area contributed by atoms with Crippen LogP contribution in [0.15, 0.2) is 79.0 Å². The summed E-state index contributed by atoms with van der Waals surface area (Å²) in [6.07, 6.45) is 1.63. The van der Waals surface area contributed by atoms with Gasteiger partial charge in [-0.05, 0) is 24.6 Å². The van der Waals surface area contributed by atoms with Gasteiger partial charge >= 0.3 is 0 Å². The number of hydrogen-bond donors (Lipinski definition) is 1. The Kier molecular flexibility index (Phi) is 5.00. The van der Waals surface area contributed by atoms with Gasteiger partial charge in [0.1, 0.15) is 5.82 Å². The SMILES string of the molecule is C[C@@H](C(=O)Nc1ccccn1)c1ccc(C(=O)c2ccccc2)cc1. The molecule has 1 atom stereocenters. The number of carbonyl (C=O) groups excluding carboxylic acids is 2. The summed E-state index contributed by atoms with van der Waals surface area (Å²) in [5, 5.41) is 2.79. The highest BCUT2D eigenvalue weighted by atomic mass is 16.2. The van der Waals surface area contributed by atoms with Crippen LogP contribution in [-0.2, 0) is 4.79 Å². The smallest absolute Gasteiger partial charge is 0.232 e. The van der Waals surface area contributed by atoms with Crippen molar-refractivity contribution in [3.63, 3.8) is 0 Å². The molecule has 3 rings (SSSR count). The molecular weight excluding hydrogens is 312 g/mol. The molecule has 1 aromatic heterocycles. The second kappa shape index (κ2) is 7.53. The van der Waals surface area contributed by atoms with Gasteiger partial charge in [0, 0.05) is 17.3 Å². The molecule has 2 aromatic carbocycles. The quantitative estimate of drug-likeness (QED) is 0.718. The molecule has 0 saturated carbocycles. The Morgan fingerprint density at radius 1 is 0.840 bits per heavy atom. The highest BCUT2D eigenvalue weighted by Gasteiger charge is 2.16. The molecule has 4 heteroatoms. The van der Waals surface area contributed by atoms with Crippen molar-refractivity contribution in [2.24, 2.45) is 0 Å². The highest BCUT2D eigenvalue weighted by molar-refractivity contribution is 6.09. The Hall–Kier alpha value is -3.27. The van der Waals surface area contributed by atoms with E-state index in [2.05, 4.69) is 10.3 Å². The maximum Gasteiger partial charge on any atom is 0.232 e. The Morgan fingerprint density at radius 3 is 2.12 bits per heavy atom. The van der Waals surface area contributed by atoms with E-state index in [0.717, 1.165) is 5.56 Å². The first kappa shape index (κ1) is 16.6. The number of ketones is 1. The van der Waals surface area contributed by atoms with Crippen LogP contribution < -0.4 is 5.32 Å². The maximum atomic E-state index is 12.4. The van der Waals surface area contributed by atoms with E-state index in [0.29, 0.717) is 16.9 Å². The van der Waals surface area contributed by atoms with E-state index in [1.54, 1.807) is 42.6 Å². The number of hydrogen-bond acceptors (Lipinski definition) is 3. The van der Waals surface area contributed by atoms with Gasteiger partial charge in [0.15, 0.2) is 5.78 Å². The lowest BCUT2D eigenvalue weighted by Crippen LogP contribution is -2.19. The normalized spacial score (nSPS) is 11.6. The lowest BCUT2D eigenvalue weighted by atomic mass is 9.96. The predicted molar refractivity (Wildman–Crippen MR) is 97.6 cm³/mol. The van der Waals surface area contributed by atoms with Crippen LogP contribution in [0.25, 0.3) is 0 Å². The van der Waals surface area contributed by atoms with Crippen molar-refractivity contribution in [2.75, 3.05) is 5.32 Å². The average molecular weight is 330 g/mol. The average Bonchev–Trinajstić information content (AvgIpc) is 2.68. The molecular formula is C21H18N2O2. The molecule has 124 valence electrons. The number of carbonyl (C=O) groups is 2. The second-order valence-corrected chi connectivity index (χ2v) is 5.74. The second-order valence-electron chi connectivity index (χ2n) is 5.74. The first-order chi connectivity index (χ1) is 12.1. The third kappa shape index (κ3) is 3.98. The van der Waals surface area contributed by atoms with Crippen LogP contribution in [0.4, 0.5) is 5.82 Å². The number of benzene rings is 2. The summed E-state index contributed by atoms with van der Waals surface area (Å²) in [7, 11) is 0. The largest absolute Gasteiger partial charge is 0.310 e. The zero-order valence-corrected chi connectivity index (χ0v) is 13.8. The fourth-order valence-electron chi connectivity index (χ4n) is 2.50. The lowest BCUT2D eigenvalue weighted by molar-refractivity contribution is -0.117. The van der Waals surface area contributed by atoms with Crippen molar-refractivity contribution in [2.45, 2.75) is 12.8 Å². The van der Waals surface area contributed by atoms with Crippen LogP contribution in [0.3, 0.4) is 0 Å². The van der Waals surface area contributed by atoms with Crippen molar-refractivity contribution in [3.05, 3.63) is 95.7 Å². The number of amides is 1. The van der Waals surface area contributed by atoms with E-state index in [-0.39, 0.29) is 17.6 Å². The molecule has 25 heavy (non-hydrogen) atoms. The van der Waals surface area contributed by atoms with Gasteiger partial charge in [-0.15, -0.1) is 0 Å². The van der Waals surface area contributed by atoms with E-state index >= 15 is 0 Å². The van der Waals surface area contributed by atoms with Gasteiger partial charge in [-0.3, -0.25) is 9.59 Å². The summed E-state index contributed by atoms with van der Waals surface area (Å²) in [6, 6.07) is 21.6. The maximum absolute atomic E-state index is 12.4.